The van der Waals surface area contributed by atoms with E-state index in [2.05, 4.69) is 21.4 Å². The number of nitriles is 1. The summed E-state index contributed by atoms with van der Waals surface area (Å²) in [5.74, 6) is 1.28. The molecule has 3 aromatic rings. The summed E-state index contributed by atoms with van der Waals surface area (Å²) in [5, 5.41) is 14.5. The fourth-order valence-corrected chi connectivity index (χ4v) is 3.85. The van der Waals surface area contributed by atoms with Gasteiger partial charge < -0.3 is 19.8 Å². The molecule has 0 atom stereocenters. The first-order chi connectivity index (χ1) is 15.0. The number of aromatic amines is 1. The van der Waals surface area contributed by atoms with Gasteiger partial charge >= 0.3 is 0 Å². The van der Waals surface area contributed by atoms with Gasteiger partial charge in [-0.1, -0.05) is 6.92 Å². The Morgan fingerprint density at radius 1 is 1.32 bits per heavy atom. The first-order valence-corrected chi connectivity index (χ1v) is 10.5. The number of fused-ring (bicyclic) bond motifs is 1. The van der Waals surface area contributed by atoms with Crippen LogP contribution < -0.4 is 20.3 Å². The van der Waals surface area contributed by atoms with Crippen molar-refractivity contribution in [3.8, 4) is 17.6 Å². The molecule has 162 valence electrons. The molecule has 1 aromatic carbocycles. The van der Waals surface area contributed by atoms with E-state index in [-0.39, 0.29) is 17.9 Å². The number of aromatic nitrogens is 2. The van der Waals surface area contributed by atoms with Crippen LogP contribution in [0, 0.1) is 11.3 Å². The summed E-state index contributed by atoms with van der Waals surface area (Å²) in [7, 11) is 3.03. The van der Waals surface area contributed by atoms with Gasteiger partial charge in [0, 0.05) is 19.0 Å². The molecule has 2 aromatic heterocycles. The van der Waals surface area contributed by atoms with Crippen molar-refractivity contribution in [1.29, 1.82) is 5.26 Å². The third-order valence-corrected chi connectivity index (χ3v) is 5.60. The quantitative estimate of drug-likeness (QED) is 0.524. The Kier molecular flexibility index (Phi) is 7.23. The van der Waals surface area contributed by atoms with Gasteiger partial charge in [-0.15, -0.1) is 11.3 Å². The molecule has 3 rings (SSSR count). The third-order valence-electron chi connectivity index (χ3n) is 4.77. The fraction of sp³-hybridized carbons (Fsp3) is 0.333. The van der Waals surface area contributed by atoms with Crippen LogP contribution in [0.15, 0.2) is 28.4 Å². The molecule has 1 amide bonds. The first-order valence-electron chi connectivity index (χ1n) is 9.63. The molecule has 0 unspecified atom stereocenters. The van der Waals surface area contributed by atoms with Crippen LogP contribution in [0.25, 0.3) is 10.9 Å². The molecule has 0 bridgehead atoms. The van der Waals surface area contributed by atoms with Crippen molar-refractivity contribution in [2.24, 2.45) is 0 Å². The number of hydrogen-bond acceptors (Lipinski definition) is 8. The van der Waals surface area contributed by atoms with Crippen LogP contribution in [-0.2, 0) is 11.3 Å². The molecule has 2 N–H and O–H groups in total. The maximum Gasteiger partial charge on any atom is 0.258 e. The summed E-state index contributed by atoms with van der Waals surface area (Å²) < 4.78 is 10.5. The van der Waals surface area contributed by atoms with Gasteiger partial charge in [0.2, 0.25) is 5.91 Å². The number of methoxy groups -OCH3 is 2. The Hall–Kier alpha value is -3.42. The number of nitrogens with one attached hydrogen (secondary N) is 2. The molecule has 0 spiro atoms. The molecule has 31 heavy (non-hydrogen) atoms. The number of carbonyl (C=O) groups is 1. The van der Waals surface area contributed by atoms with E-state index in [9.17, 15) is 9.59 Å². The summed E-state index contributed by atoms with van der Waals surface area (Å²) in [5.41, 5.74) is 0.694. The second-order valence-electron chi connectivity index (χ2n) is 6.68. The average molecular weight is 442 g/mol. The predicted molar refractivity (Wildman–Crippen MR) is 119 cm³/mol. The second-order valence-corrected chi connectivity index (χ2v) is 7.60. The van der Waals surface area contributed by atoms with E-state index in [1.165, 1.54) is 25.6 Å². The van der Waals surface area contributed by atoms with Crippen LogP contribution >= 0.6 is 11.3 Å². The largest absolute Gasteiger partial charge is 0.493 e. The number of amides is 1. The van der Waals surface area contributed by atoms with Gasteiger partial charge in [0.1, 0.15) is 16.9 Å². The van der Waals surface area contributed by atoms with Crippen molar-refractivity contribution in [3.63, 3.8) is 0 Å². The number of thiophene rings is 1. The molecule has 0 aliphatic carbocycles. The Morgan fingerprint density at radius 3 is 2.74 bits per heavy atom. The van der Waals surface area contributed by atoms with E-state index in [4.69, 9.17) is 14.7 Å². The summed E-state index contributed by atoms with van der Waals surface area (Å²) in [6.45, 7) is 3.50. The van der Waals surface area contributed by atoms with Gasteiger partial charge in [-0.05, 0) is 24.1 Å². The number of rotatable bonds is 9. The van der Waals surface area contributed by atoms with Crippen molar-refractivity contribution < 1.29 is 14.3 Å². The van der Waals surface area contributed by atoms with Crippen LogP contribution in [-0.4, -0.2) is 48.1 Å². The monoisotopic (exact) mass is 441 g/mol. The van der Waals surface area contributed by atoms with E-state index in [0.29, 0.717) is 58.4 Å². The lowest BCUT2D eigenvalue weighted by Crippen LogP contribution is -2.29. The number of anilines is 1. The molecule has 0 aliphatic heterocycles. The van der Waals surface area contributed by atoms with E-state index in [1.54, 1.807) is 23.6 Å². The van der Waals surface area contributed by atoms with Crippen LogP contribution in [0.3, 0.4) is 0 Å². The molecule has 0 aliphatic rings. The Labute approximate surface area is 183 Å². The third kappa shape index (κ3) is 5.20. The zero-order valence-electron chi connectivity index (χ0n) is 17.5. The molecule has 0 saturated carbocycles. The van der Waals surface area contributed by atoms with Gasteiger partial charge in [0.25, 0.3) is 5.56 Å². The van der Waals surface area contributed by atoms with Crippen LogP contribution in [0.1, 0.15) is 24.7 Å². The number of H-pyrrole nitrogens is 1. The smallest absolute Gasteiger partial charge is 0.258 e. The Morgan fingerprint density at radius 2 is 2.06 bits per heavy atom. The highest BCUT2D eigenvalue weighted by Gasteiger charge is 2.14. The topological polar surface area (TPSA) is 120 Å². The number of benzene rings is 1. The summed E-state index contributed by atoms with van der Waals surface area (Å²) in [6.07, 6.45) is 0.249. The maximum atomic E-state index is 12.5. The summed E-state index contributed by atoms with van der Waals surface area (Å²) >= 11 is 1.32. The van der Waals surface area contributed by atoms with E-state index < -0.39 is 0 Å². The zero-order chi connectivity index (χ0) is 22.4. The molecular formula is C21H23N5O4S. The van der Waals surface area contributed by atoms with E-state index in [1.807, 2.05) is 11.8 Å². The molecule has 10 heteroatoms. The number of hydrogen-bond donors (Lipinski definition) is 2. The first kappa shape index (κ1) is 22.3. The lowest BCUT2D eigenvalue weighted by atomic mass is 10.2. The second kappa shape index (κ2) is 10.1. The van der Waals surface area contributed by atoms with Crippen molar-refractivity contribution in [3.05, 3.63) is 45.3 Å². The SMILES string of the molecule is CCN(CCC(=O)Nc1sccc1C#N)Cc1nc2cc(OC)c(OC)cc2c(=O)[nH]1. The van der Waals surface area contributed by atoms with Crippen molar-refractivity contribution in [2.75, 3.05) is 32.6 Å². The van der Waals surface area contributed by atoms with E-state index >= 15 is 0 Å². The molecule has 0 radical (unpaired) electrons. The molecule has 0 saturated heterocycles. The average Bonchev–Trinajstić information content (AvgIpc) is 3.22. The maximum absolute atomic E-state index is 12.5. The standard InChI is InChI=1S/C21H23N5O4S/c1-4-26(7-5-19(27)25-21-13(11-22)6-8-31-21)12-18-23-15-10-17(30-3)16(29-2)9-14(15)20(28)24-18/h6,8-10H,4-5,7,12H2,1-3H3,(H,25,27)(H,23,24,28). The van der Waals surface area contributed by atoms with Crippen molar-refractivity contribution >= 4 is 33.1 Å². The highest BCUT2D eigenvalue weighted by Crippen LogP contribution is 2.30. The Balaban J connectivity index is 1.70. The molecule has 9 nitrogen and oxygen atoms in total. The van der Waals surface area contributed by atoms with Gasteiger partial charge in [0.15, 0.2) is 11.5 Å². The molecular weight excluding hydrogens is 418 g/mol. The minimum atomic E-state index is -0.267. The Bertz CT molecular complexity index is 1180. The lowest BCUT2D eigenvalue weighted by molar-refractivity contribution is -0.116. The lowest BCUT2D eigenvalue weighted by Gasteiger charge is -2.19. The zero-order valence-corrected chi connectivity index (χ0v) is 18.3. The number of nitrogens with zero attached hydrogens (tertiary/aromatic N) is 3. The van der Waals surface area contributed by atoms with Gasteiger partial charge in [-0.2, -0.15) is 5.26 Å². The highest BCUT2D eigenvalue weighted by molar-refractivity contribution is 7.14. The van der Waals surface area contributed by atoms with Gasteiger partial charge in [-0.25, -0.2) is 4.98 Å². The minimum Gasteiger partial charge on any atom is -0.493 e. The molecule has 2 heterocycles. The molecule has 0 fully saturated rings. The van der Waals surface area contributed by atoms with Crippen molar-refractivity contribution in [1.82, 2.24) is 14.9 Å². The minimum absolute atomic E-state index is 0.172. The fourth-order valence-electron chi connectivity index (χ4n) is 3.09. The summed E-state index contributed by atoms with van der Waals surface area (Å²) in [6, 6.07) is 7.00. The van der Waals surface area contributed by atoms with E-state index in [0.717, 1.165) is 0 Å². The van der Waals surface area contributed by atoms with Gasteiger partial charge in [0.05, 0.1) is 37.2 Å². The summed E-state index contributed by atoms with van der Waals surface area (Å²) in [4.78, 5) is 34.2. The van der Waals surface area contributed by atoms with Crippen LogP contribution in [0.4, 0.5) is 5.00 Å². The predicted octanol–water partition coefficient (Wildman–Crippen LogP) is 2.72. The van der Waals surface area contributed by atoms with Crippen LogP contribution in [0.2, 0.25) is 0 Å². The van der Waals surface area contributed by atoms with Crippen LogP contribution in [0.5, 0.6) is 11.5 Å². The normalized spacial score (nSPS) is 10.8. The number of ether oxygens (including phenoxy) is 2. The highest BCUT2D eigenvalue weighted by atomic mass is 32.1. The van der Waals surface area contributed by atoms with Gasteiger partial charge in [-0.3, -0.25) is 14.5 Å². The van der Waals surface area contributed by atoms with Crippen molar-refractivity contribution in [2.45, 2.75) is 19.9 Å². The number of carbonyl (C=O) groups excluding carboxylic acids is 1.